The number of aliphatic carboxylic acids is 1. The van der Waals surface area contributed by atoms with Crippen molar-refractivity contribution in [1.29, 1.82) is 0 Å². The molecule has 8 heteroatoms. The number of aliphatic hydroxyl groups is 1. The zero-order chi connectivity index (χ0) is 24.2. The molecule has 6 aliphatic rings. The number of aromatic nitrogens is 1. The topological polar surface area (TPSA) is 112 Å². The maximum Gasteiger partial charge on any atom is 0.304 e. The van der Waals surface area contributed by atoms with Crippen LogP contribution in [0.25, 0.3) is 0 Å². The molecule has 5 aliphatic carbocycles. The van der Waals surface area contributed by atoms with Crippen LogP contribution in [0.2, 0.25) is 0 Å². The first-order chi connectivity index (χ1) is 16.8. The first-order valence-electron chi connectivity index (χ1n) is 13.5. The van der Waals surface area contributed by atoms with Crippen LogP contribution < -0.4 is 10.6 Å². The maximum atomic E-state index is 13.7. The highest BCUT2D eigenvalue weighted by Crippen LogP contribution is 2.55. The Labute approximate surface area is 211 Å². The van der Waals surface area contributed by atoms with E-state index < -0.39 is 17.0 Å². The molecule has 2 heterocycles. The van der Waals surface area contributed by atoms with E-state index in [2.05, 4.69) is 10.6 Å². The summed E-state index contributed by atoms with van der Waals surface area (Å²) < 4.78 is 0. The maximum absolute atomic E-state index is 13.7. The van der Waals surface area contributed by atoms with Crippen LogP contribution in [0.15, 0.2) is 17.2 Å². The molecule has 7 rings (SSSR count). The Hall–Kier alpha value is -1.64. The van der Waals surface area contributed by atoms with E-state index in [1.54, 1.807) is 11.8 Å². The van der Waals surface area contributed by atoms with E-state index in [1.807, 2.05) is 12.1 Å². The van der Waals surface area contributed by atoms with Crippen LogP contribution in [0.5, 0.6) is 0 Å². The van der Waals surface area contributed by atoms with Gasteiger partial charge in [0.1, 0.15) is 5.03 Å². The number of amides is 1. The van der Waals surface area contributed by atoms with Crippen LogP contribution in [-0.2, 0) is 10.2 Å². The molecule has 5 saturated carbocycles. The average Bonchev–Trinajstić information content (AvgIpc) is 3.47. The Morgan fingerprint density at radius 1 is 1.14 bits per heavy atom. The van der Waals surface area contributed by atoms with E-state index in [9.17, 15) is 19.8 Å². The van der Waals surface area contributed by atoms with Gasteiger partial charge in [0.25, 0.3) is 5.91 Å². The van der Waals surface area contributed by atoms with Gasteiger partial charge in [0.2, 0.25) is 0 Å². The summed E-state index contributed by atoms with van der Waals surface area (Å²) in [5.74, 6) is 0.441. The fourth-order valence-corrected chi connectivity index (χ4v) is 9.43. The lowest BCUT2D eigenvalue weighted by Gasteiger charge is -2.58. The number of thioether (sulfide) groups is 1. The van der Waals surface area contributed by atoms with Crippen molar-refractivity contribution in [2.75, 3.05) is 13.1 Å². The highest BCUT2D eigenvalue weighted by Gasteiger charge is 2.55. The van der Waals surface area contributed by atoms with Crippen molar-refractivity contribution in [1.82, 2.24) is 15.6 Å². The summed E-state index contributed by atoms with van der Waals surface area (Å²) in [6.45, 7) is 1.38. The molecule has 4 N–H and O–H groups in total. The van der Waals surface area contributed by atoms with Crippen molar-refractivity contribution in [2.24, 2.45) is 17.8 Å². The smallest absolute Gasteiger partial charge is 0.304 e. The van der Waals surface area contributed by atoms with Gasteiger partial charge >= 0.3 is 5.97 Å². The van der Waals surface area contributed by atoms with Crippen molar-refractivity contribution in [3.8, 4) is 0 Å². The molecule has 35 heavy (non-hydrogen) atoms. The SMILES string of the molecule is O=C(O)C[C@@]1(c2ccc(C(=O)NC3C4CC5CC3CC(O)(C5)C4)c(SC3CCCC3)n2)CCNC1. The highest BCUT2D eigenvalue weighted by molar-refractivity contribution is 7.99. The molecule has 1 saturated heterocycles. The lowest BCUT2D eigenvalue weighted by molar-refractivity contribution is -0.138. The van der Waals surface area contributed by atoms with Crippen molar-refractivity contribution >= 4 is 23.6 Å². The first kappa shape index (κ1) is 23.7. The van der Waals surface area contributed by atoms with E-state index in [-0.39, 0.29) is 18.4 Å². The standard InChI is InChI=1S/C27H37N3O4S/c31-22(32)14-26(7-8-28-15-26)21-6-5-20(25(29-21)35-19-3-1-2-4-19)24(33)30-23-17-9-16-10-18(23)13-27(34,11-16)12-17/h5-6,16-19,23,28,34H,1-4,7-15H2,(H,30,33)(H,31,32)/t16?,17?,18?,23?,26-,27?/m0/s1. The summed E-state index contributed by atoms with van der Waals surface area (Å²) in [6, 6.07) is 3.91. The number of carboxylic acid groups (broad SMARTS) is 1. The van der Waals surface area contributed by atoms with E-state index in [1.165, 1.54) is 12.8 Å². The van der Waals surface area contributed by atoms with E-state index in [4.69, 9.17) is 4.98 Å². The number of rotatable bonds is 7. The zero-order valence-corrected chi connectivity index (χ0v) is 21.1. The third-order valence-corrected chi connectivity index (χ3v) is 10.8. The van der Waals surface area contributed by atoms with Gasteiger partial charge in [-0.1, -0.05) is 12.8 Å². The second-order valence-corrected chi connectivity index (χ2v) is 13.3. The van der Waals surface area contributed by atoms with Gasteiger partial charge < -0.3 is 20.8 Å². The Balaban J connectivity index is 1.28. The van der Waals surface area contributed by atoms with E-state index in [0.717, 1.165) is 68.6 Å². The molecule has 2 unspecified atom stereocenters. The molecular weight excluding hydrogens is 462 g/mol. The molecule has 1 aliphatic heterocycles. The number of carboxylic acids is 1. The largest absolute Gasteiger partial charge is 0.481 e. The molecule has 0 aromatic carbocycles. The van der Waals surface area contributed by atoms with Gasteiger partial charge in [-0.05, 0) is 87.8 Å². The van der Waals surface area contributed by atoms with Gasteiger partial charge in [-0.3, -0.25) is 9.59 Å². The van der Waals surface area contributed by atoms with Crippen LogP contribution >= 0.6 is 11.8 Å². The Morgan fingerprint density at radius 3 is 2.51 bits per heavy atom. The summed E-state index contributed by atoms with van der Waals surface area (Å²) >= 11 is 1.71. The van der Waals surface area contributed by atoms with Crippen LogP contribution in [0.3, 0.4) is 0 Å². The van der Waals surface area contributed by atoms with Crippen LogP contribution in [0.4, 0.5) is 0 Å². The number of pyridine rings is 1. The Bertz CT molecular complexity index is 988. The molecule has 7 nitrogen and oxygen atoms in total. The van der Waals surface area contributed by atoms with E-state index >= 15 is 0 Å². The number of carbonyl (C=O) groups is 2. The average molecular weight is 500 g/mol. The number of nitrogens with zero attached hydrogens (tertiary/aromatic N) is 1. The predicted octanol–water partition coefficient (Wildman–Crippen LogP) is 3.49. The van der Waals surface area contributed by atoms with Crippen molar-refractivity contribution in [3.05, 3.63) is 23.4 Å². The lowest BCUT2D eigenvalue weighted by Crippen LogP contribution is -2.61. The number of carbonyl (C=O) groups excluding carboxylic acids is 1. The van der Waals surface area contributed by atoms with E-state index in [0.29, 0.717) is 35.1 Å². The van der Waals surface area contributed by atoms with Crippen molar-refractivity contribution < 1.29 is 19.8 Å². The highest BCUT2D eigenvalue weighted by atomic mass is 32.2. The molecule has 0 spiro atoms. The van der Waals surface area contributed by atoms with Crippen LogP contribution in [0.1, 0.15) is 86.7 Å². The number of nitrogens with one attached hydrogen (secondary N) is 2. The minimum Gasteiger partial charge on any atom is -0.481 e. The van der Waals surface area contributed by atoms with Gasteiger partial charge in [-0.15, -0.1) is 11.8 Å². The molecule has 190 valence electrons. The Kier molecular flexibility index (Phi) is 6.13. The molecule has 3 atom stereocenters. The van der Waals surface area contributed by atoms with Gasteiger partial charge in [-0.2, -0.15) is 0 Å². The van der Waals surface area contributed by atoms with Crippen molar-refractivity contribution in [3.63, 3.8) is 0 Å². The van der Waals surface area contributed by atoms with Gasteiger partial charge in [0.05, 0.1) is 17.6 Å². The third-order valence-electron chi connectivity index (χ3n) is 9.50. The van der Waals surface area contributed by atoms with Gasteiger partial charge in [-0.25, -0.2) is 4.98 Å². The van der Waals surface area contributed by atoms with Gasteiger partial charge in [0.15, 0.2) is 0 Å². The summed E-state index contributed by atoms with van der Waals surface area (Å²) in [5.41, 5.74) is 0.370. The molecule has 6 fully saturated rings. The second-order valence-electron chi connectivity index (χ2n) is 12.0. The van der Waals surface area contributed by atoms with Crippen molar-refractivity contribution in [2.45, 2.75) is 98.0 Å². The summed E-state index contributed by atoms with van der Waals surface area (Å²) in [6.07, 6.45) is 10.2. The summed E-state index contributed by atoms with van der Waals surface area (Å²) in [4.78, 5) is 30.4. The minimum absolute atomic E-state index is 0.0432. The third kappa shape index (κ3) is 4.51. The molecular formula is C27H37N3O4S. The first-order valence-corrected chi connectivity index (χ1v) is 14.3. The lowest BCUT2D eigenvalue weighted by atomic mass is 9.52. The monoisotopic (exact) mass is 499 g/mol. The number of hydrogen-bond acceptors (Lipinski definition) is 6. The van der Waals surface area contributed by atoms with Crippen LogP contribution in [0, 0.1) is 17.8 Å². The zero-order valence-electron chi connectivity index (χ0n) is 20.3. The number of hydrogen-bond donors (Lipinski definition) is 4. The minimum atomic E-state index is -0.814. The molecule has 1 aromatic rings. The molecule has 1 amide bonds. The summed E-state index contributed by atoms with van der Waals surface area (Å²) in [7, 11) is 0. The second kappa shape index (κ2) is 9.03. The molecule has 1 aromatic heterocycles. The van der Waals surface area contributed by atoms with Gasteiger partial charge in [0, 0.05) is 28.9 Å². The Morgan fingerprint density at radius 2 is 1.89 bits per heavy atom. The summed E-state index contributed by atoms with van der Waals surface area (Å²) in [5, 5.41) is 28.4. The molecule has 4 bridgehead atoms. The quantitative estimate of drug-likeness (QED) is 0.454. The predicted molar refractivity (Wildman–Crippen MR) is 134 cm³/mol. The fraction of sp³-hybridized carbons (Fsp3) is 0.741. The fourth-order valence-electron chi connectivity index (χ4n) is 8.10. The van der Waals surface area contributed by atoms with Crippen LogP contribution in [-0.4, -0.2) is 57.1 Å². The molecule has 0 radical (unpaired) electrons. The normalized spacial score (nSPS) is 38.2.